The SMILES string of the molecule is Cc1ccc2cccc(NC3=N[C@@H](C(C)C)CS3)c2n1. The van der Waals surface area contributed by atoms with Crippen LogP contribution in [0, 0.1) is 12.8 Å². The van der Waals surface area contributed by atoms with Gasteiger partial charge in [0.2, 0.25) is 0 Å². The van der Waals surface area contributed by atoms with Crippen molar-refractivity contribution in [1.29, 1.82) is 0 Å². The van der Waals surface area contributed by atoms with Crippen molar-refractivity contribution in [3.05, 3.63) is 36.0 Å². The molecular weight excluding hydrogens is 266 g/mol. The minimum Gasteiger partial charge on any atom is -0.333 e. The molecule has 0 unspecified atom stereocenters. The number of para-hydroxylation sites is 1. The van der Waals surface area contributed by atoms with E-state index < -0.39 is 0 Å². The molecule has 20 heavy (non-hydrogen) atoms. The number of aromatic nitrogens is 1. The number of anilines is 1. The van der Waals surface area contributed by atoms with Gasteiger partial charge in [-0.1, -0.05) is 43.8 Å². The molecule has 104 valence electrons. The van der Waals surface area contributed by atoms with E-state index in [0.29, 0.717) is 12.0 Å². The van der Waals surface area contributed by atoms with Gasteiger partial charge >= 0.3 is 0 Å². The molecule has 2 aromatic rings. The number of pyridine rings is 1. The summed E-state index contributed by atoms with van der Waals surface area (Å²) < 4.78 is 0. The Kier molecular flexibility index (Phi) is 3.66. The Morgan fingerprint density at radius 1 is 1.25 bits per heavy atom. The van der Waals surface area contributed by atoms with Gasteiger partial charge in [0, 0.05) is 16.8 Å². The van der Waals surface area contributed by atoms with Crippen LogP contribution in [0.5, 0.6) is 0 Å². The molecule has 1 aliphatic rings. The zero-order valence-corrected chi connectivity index (χ0v) is 12.9. The fourth-order valence-electron chi connectivity index (χ4n) is 2.26. The summed E-state index contributed by atoms with van der Waals surface area (Å²) in [5.41, 5.74) is 3.10. The van der Waals surface area contributed by atoms with Gasteiger partial charge in [-0.2, -0.15) is 0 Å². The van der Waals surface area contributed by atoms with Crippen molar-refractivity contribution in [1.82, 2.24) is 4.98 Å². The van der Waals surface area contributed by atoms with E-state index in [4.69, 9.17) is 4.99 Å². The summed E-state index contributed by atoms with van der Waals surface area (Å²) in [5.74, 6) is 1.66. The highest BCUT2D eigenvalue weighted by Crippen LogP contribution is 2.27. The largest absolute Gasteiger partial charge is 0.333 e. The average Bonchev–Trinajstić information content (AvgIpc) is 2.88. The second-order valence-electron chi connectivity index (χ2n) is 5.51. The van der Waals surface area contributed by atoms with Crippen LogP contribution in [-0.2, 0) is 0 Å². The molecule has 1 aliphatic heterocycles. The summed E-state index contributed by atoms with van der Waals surface area (Å²) in [6.07, 6.45) is 0. The molecule has 3 nitrogen and oxygen atoms in total. The summed E-state index contributed by atoms with van der Waals surface area (Å²) in [5, 5.41) is 5.62. The van der Waals surface area contributed by atoms with Crippen molar-refractivity contribution in [2.24, 2.45) is 10.9 Å². The topological polar surface area (TPSA) is 37.3 Å². The lowest BCUT2D eigenvalue weighted by atomic mass is 10.1. The first-order valence-electron chi connectivity index (χ1n) is 6.97. The minimum atomic E-state index is 0.423. The number of rotatable bonds is 2. The highest BCUT2D eigenvalue weighted by Gasteiger charge is 2.21. The van der Waals surface area contributed by atoms with Crippen LogP contribution in [0.3, 0.4) is 0 Å². The molecule has 0 saturated carbocycles. The predicted octanol–water partition coefficient (Wildman–Crippen LogP) is 4.08. The molecule has 0 saturated heterocycles. The zero-order valence-electron chi connectivity index (χ0n) is 12.1. The number of nitrogens with zero attached hydrogens (tertiary/aromatic N) is 2. The molecule has 2 heterocycles. The van der Waals surface area contributed by atoms with Crippen LogP contribution in [0.1, 0.15) is 19.5 Å². The van der Waals surface area contributed by atoms with Crippen LogP contribution < -0.4 is 5.32 Å². The molecule has 3 rings (SSSR count). The number of thioether (sulfide) groups is 1. The molecule has 1 aromatic heterocycles. The van der Waals surface area contributed by atoms with Gasteiger partial charge in [-0.05, 0) is 25.0 Å². The van der Waals surface area contributed by atoms with Crippen LogP contribution in [-0.4, -0.2) is 21.9 Å². The van der Waals surface area contributed by atoms with Gasteiger partial charge in [-0.3, -0.25) is 9.98 Å². The van der Waals surface area contributed by atoms with Crippen molar-refractivity contribution in [3.8, 4) is 0 Å². The third kappa shape index (κ3) is 2.66. The fourth-order valence-corrected chi connectivity index (χ4v) is 3.44. The second kappa shape index (κ2) is 5.44. The van der Waals surface area contributed by atoms with Gasteiger partial charge in [0.05, 0.1) is 17.2 Å². The number of hydrogen-bond acceptors (Lipinski definition) is 4. The minimum absolute atomic E-state index is 0.423. The second-order valence-corrected chi connectivity index (χ2v) is 6.52. The summed E-state index contributed by atoms with van der Waals surface area (Å²) in [7, 11) is 0. The van der Waals surface area contributed by atoms with E-state index in [-0.39, 0.29) is 0 Å². The molecule has 1 aromatic carbocycles. The fraction of sp³-hybridized carbons (Fsp3) is 0.375. The summed E-state index contributed by atoms with van der Waals surface area (Å²) in [4.78, 5) is 9.40. The number of aryl methyl sites for hydroxylation is 1. The van der Waals surface area contributed by atoms with Gasteiger partial charge in [-0.15, -0.1) is 0 Å². The quantitative estimate of drug-likeness (QED) is 0.903. The Morgan fingerprint density at radius 2 is 2.10 bits per heavy atom. The summed E-state index contributed by atoms with van der Waals surface area (Å²) >= 11 is 1.80. The predicted molar refractivity (Wildman–Crippen MR) is 88.6 cm³/mol. The lowest BCUT2D eigenvalue weighted by Crippen LogP contribution is -2.12. The van der Waals surface area contributed by atoms with Gasteiger partial charge in [0.25, 0.3) is 0 Å². The Bertz CT molecular complexity index is 664. The first-order valence-corrected chi connectivity index (χ1v) is 7.96. The van der Waals surface area contributed by atoms with E-state index in [0.717, 1.165) is 33.2 Å². The van der Waals surface area contributed by atoms with Crippen LogP contribution in [0.15, 0.2) is 35.3 Å². The van der Waals surface area contributed by atoms with Crippen molar-refractivity contribution < 1.29 is 0 Å². The molecule has 0 spiro atoms. The number of aliphatic imine (C=N–C) groups is 1. The van der Waals surface area contributed by atoms with Crippen LogP contribution >= 0.6 is 11.8 Å². The Labute approximate surface area is 123 Å². The smallest absolute Gasteiger partial charge is 0.161 e. The summed E-state index contributed by atoms with van der Waals surface area (Å²) in [6.45, 7) is 6.47. The van der Waals surface area contributed by atoms with E-state index in [2.05, 4.69) is 48.4 Å². The monoisotopic (exact) mass is 285 g/mol. The molecule has 1 N–H and O–H groups in total. The molecule has 0 fully saturated rings. The number of benzene rings is 1. The van der Waals surface area contributed by atoms with E-state index in [1.54, 1.807) is 11.8 Å². The number of amidine groups is 1. The Hall–Kier alpha value is -1.55. The molecule has 0 bridgehead atoms. The number of hydrogen-bond donors (Lipinski definition) is 1. The van der Waals surface area contributed by atoms with E-state index >= 15 is 0 Å². The van der Waals surface area contributed by atoms with E-state index in [1.807, 2.05) is 13.0 Å². The summed E-state index contributed by atoms with van der Waals surface area (Å²) in [6, 6.07) is 10.8. The van der Waals surface area contributed by atoms with Gasteiger partial charge in [0.1, 0.15) is 0 Å². The highest BCUT2D eigenvalue weighted by atomic mass is 32.2. The molecule has 4 heteroatoms. The molecular formula is C16H19N3S. The van der Waals surface area contributed by atoms with E-state index in [1.165, 1.54) is 0 Å². The maximum atomic E-state index is 4.75. The normalized spacial score (nSPS) is 18.6. The van der Waals surface area contributed by atoms with Gasteiger partial charge in [-0.25, -0.2) is 0 Å². The Morgan fingerprint density at radius 3 is 2.85 bits per heavy atom. The highest BCUT2D eigenvalue weighted by molar-refractivity contribution is 8.14. The van der Waals surface area contributed by atoms with Crippen LogP contribution in [0.25, 0.3) is 10.9 Å². The number of nitrogens with one attached hydrogen (secondary N) is 1. The molecule has 1 atom stereocenters. The van der Waals surface area contributed by atoms with E-state index in [9.17, 15) is 0 Å². The average molecular weight is 285 g/mol. The standard InChI is InChI=1S/C16H19N3S/c1-10(2)14-9-20-16(19-14)18-13-6-4-5-12-8-7-11(3)17-15(12)13/h4-8,10,14H,9H2,1-3H3,(H,18,19)/t14-/m1/s1. The van der Waals surface area contributed by atoms with Crippen molar-refractivity contribution in [2.45, 2.75) is 26.8 Å². The third-order valence-corrected chi connectivity index (χ3v) is 4.53. The molecule has 0 aliphatic carbocycles. The van der Waals surface area contributed by atoms with Crippen molar-refractivity contribution in [2.75, 3.05) is 11.1 Å². The number of fused-ring (bicyclic) bond motifs is 1. The molecule has 0 amide bonds. The first-order chi connectivity index (χ1) is 9.63. The first kappa shape index (κ1) is 13.4. The lowest BCUT2D eigenvalue weighted by molar-refractivity contribution is 0.543. The third-order valence-electron chi connectivity index (χ3n) is 3.54. The maximum absolute atomic E-state index is 4.75. The maximum Gasteiger partial charge on any atom is 0.161 e. The van der Waals surface area contributed by atoms with Gasteiger partial charge < -0.3 is 5.32 Å². The molecule has 0 radical (unpaired) electrons. The van der Waals surface area contributed by atoms with Crippen LogP contribution in [0.4, 0.5) is 5.69 Å². The lowest BCUT2D eigenvalue weighted by Gasteiger charge is -2.09. The zero-order chi connectivity index (χ0) is 14.1. The Balaban J connectivity index is 1.92. The van der Waals surface area contributed by atoms with Crippen molar-refractivity contribution in [3.63, 3.8) is 0 Å². The van der Waals surface area contributed by atoms with Crippen LogP contribution in [0.2, 0.25) is 0 Å². The van der Waals surface area contributed by atoms with Crippen molar-refractivity contribution >= 4 is 33.5 Å². The van der Waals surface area contributed by atoms with Gasteiger partial charge in [0.15, 0.2) is 5.17 Å².